The van der Waals surface area contributed by atoms with Crippen molar-refractivity contribution in [2.75, 3.05) is 13.2 Å². The number of urea groups is 1. The fourth-order valence-electron chi connectivity index (χ4n) is 2.75. The largest absolute Gasteiger partial charge is 0.492 e. The number of rotatable bonds is 5. The second-order valence-corrected chi connectivity index (χ2v) is 5.86. The third kappa shape index (κ3) is 3.17. The van der Waals surface area contributed by atoms with Gasteiger partial charge in [0.05, 0.1) is 18.2 Å². The number of benzene rings is 2. The molecule has 3 rings (SSSR count). The molecule has 25 heavy (non-hydrogen) atoms. The van der Waals surface area contributed by atoms with Crippen LogP contribution in [-0.2, 0) is 10.3 Å². The fraction of sp³-hybridized carbons (Fsp3) is 0.211. The van der Waals surface area contributed by atoms with Gasteiger partial charge in [-0.2, -0.15) is 5.26 Å². The minimum Gasteiger partial charge on any atom is -0.492 e. The Morgan fingerprint density at radius 2 is 1.80 bits per heavy atom. The van der Waals surface area contributed by atoms with Crippen LogP contribution in [0.4, 0.5) is 4.79 Å². The van der Waals surface area contributed by atoms with Gasteiger partial charge in [-0.1, -0.05) is 30.3 Å². The Hall–Kier alpha value is -3.33. The van der Waals surface area contributed by atoms with Crippen LogP contribution in [0.3, 0.4) is 0 Å². The number of nitriles is 1. The summed E-state index contributed by atoms with van der Waals surface area (Å²) >= 11 is 0. The monoisotopic (exact) mass is 335 g/mol. The van der Waals surface area contributed by atoms with Gasteiger partial charge in [0.15, 0.2) is 0 Å². The molecule has 1 aliphatic heterocycles. The van der Waals surface area contributed by atoms with Gasteiger partial charge in [0.1, 0.15) is 17.9 Å². The van der Waals surface area contributed by atoms with Gasteiger partial charge in [0.25, 0.3) is 5.91 Å². The van der Waals surface area contributed by atoms with Crippen LogP contribution >= 0.6 is 0 Å². The summed E-state index contributed by atoms with van der Waals surface area (Å²) in [5.74, 6) is 0.350. The number of hydrogen-bond donors (Lipinski definition) is 1. The van der Waals surface area contributed by atoms with Crippen molar-refractivity contribution >= 4 is 11.9 Å². The Balaban J connectivity index is 1.69. The van der Waals surface area contributed by atoms with E-state index in [2.05, 4.69) is 5.32 Å². The zero-order chi connectivity index (χ0) is 17.9. The Bertz CT molecular complexity index is 827. The molecule has 1 atom stereocenters. The van der Waals surface area contributed by atoms with Crippen molar-refractivity contribution < 1.29 is 14.3 Å². The molecule has 0 spiro atoms. The maximum Gasteiger partial charge on any atom is 0.325 e. The lowest BCUT2D eigenvalue weighted by molar-refractivity contribution is -0.131. The van der Waals surface area contributed by atoms with E-state index in [9.17, 15) is 9.59 Å². The van der Waals surface area contributed by atoms with Gasteiger partial charge in [0, 0.05) is 0 Å². The lowest BCUT2D eigenvalue weighted by atomic mass is 9.91. The summed E-state index contributed by atoms with van der Waals surface area (Å²) in [5, 5.41) is 11.6. The SMILES string of the molecule is CC1(c2ccc(C#N)cc2)NC(=O)N(CCOc2ccccc2)C1=O. The van der Waals surface area contributed by atoms with E-state index in [4.69, 9.17) is 10.00 Å². The molecule has 2 aromatic rings. The molecule has 0 saturated carbocycles. The van der Waals surface area contributed by atoms with Crippen LogP contribution in [0.25, 0.3) is 0 Å². The number of nitrogens with zero attached hydrogens (tertiary/aromatic N) is 2. The number of imide groups is 1. The predicted octanol–water partition coefficient (Wildman–Crippen LogP) is 2.40. The zero-order valence-electron chi connectivity index (χ0n) is 13.7. The van der Waals surface area contributed by atoms with Gasteiger partial charge in [-0.3, -0.25) is 9.69 Å². The highest BCUT2D eigenvalue weighted by Crippen LogP contribution is 2.28. The highest BCUT2D eigenvalue weighted by Gasteiger charge is 2.48. The fourth-order valence-corrected chi connectivity index (χ4v) is 2.75. The first-order chi connectivity index (χ1) is 12.0. The summed E-state index contributed by atoms with van der Waals surface area (Å²) in [5.41, 5.74) is -0.00812. The van der Waals surface area contributed by atoms with Crippen LogP contribution < -0.4 is 10.1 Å². The van der Waals surface area contributed by atoms with E-state index in [1.165, 1.54) is 0 Å². The molecule has 126 valence electrons. The summed E-state index contributed by atoms with van der Waals surface area (Å²) in [6.07, 6.45) is 0. The van der Waals surface area contributed by atoms with Crippen LogP contribution in [0.15, 0.2) is 54.6 Å². The summed E-state index contributed by atoms with van der Waals surface area (Å²) in [4.78, 5) is 26.1. The average molecular weight is 335 g/mol. The third-order valence-electron chi connectivity index (χ3n) is 4.19. The summed E-state index contributed by atoms with van der Waals surface area (Å²) in [7, 11) is 0. The minimum absolute atomic E-state index is 0.158. The van der Waals surface area contributed by atoms with E-state index in [0.717, 1.165) is 4.90 Å². The lowest BCUT2D eigenvalue weighted by Gasteiger charge is -2.22. The molecular formula is C19H17N3O3. The first-order valence-corrected chi connectivity index (χ1v) is 7.87. The molecule has 1 saturated heterocycles. The summed E-state index contributed by atoms with van der Waals surface area (Å²) in [6, 6.07) is 17.4. The number of hydrogen-bond acceptors (Lipinski definition) is 4. The maximum absolute atomic E-state index is 12.8. The normalized spacial score (nSPS) is 19.4. The number of para-hydroxylation sites is 1. The van der Waals surface area contributed by atoms with Crippen molar-refractivity contribution in [3.8, 4) is 11.8 Å². The van der Waals surface area contributed by atoms with Crippen LogP contribution in [-0.4, -0.2) is 30.0 Å². The molecule has 1 unspecified atom stereocenters. The molecule has 1 heterocycles. The molecule has 6 heteroatoms. The van der Waals surface area contributed by atoms with Crippen molar-refractivity contribution in [3.05, 3.63) is 65.7 Å². The molecule has 1 fully saturated rings. The molecule has 2 aromatic carbocycles. The smallest absolute Gasteiger partial charge is 0.325 e. The molecule has 0 aliphatic carbocycles. The Kier molecular flexibility index (Phi) is 4.40. The van der Waals surface area contributed by atoms with Gasteiger partial charge in [-0.25, -0.2) is 4.79 Å². The van der Waals surface area contributed by atoms with Crippen molar-refractivity contribution in [1.82, 2.24) is 10.2 Å². The maximum atomic E-state index is 12.8. The van der Waals surface area contributed by atoms with E-state index in [-0.39, 0.29) is 19.1 Å². The first-order valence-electron chi connectivity index (χ1n) is 7.87. The highest BCUT2D eigenvalue weighted by molar-refractivity contribution is 6.07. The number of nitrogens with one attached hydrogen (secondary N) is 1. The Morgan fingerprint density at radius 3 is 2.44 bits per heavy atom. The molecule has 1 aliphatic rings. The van der Waals surface area contributed by atoms with Crippen LogP contribution in [0.2, 0.25) is 0 Å². The van der Waals surface area contributed by atoms with Gasteiger partial charge in [-0.15, -0.1) is 0 Å². The first kappa shape index (κ1) is 16.5. The second-order valence-electron chi connectivity index (χ2n) is 5.86. The van der Waals surface area contributed by atoms with E-state index in [1.807, 2.05) is 36.4 Å². The van der Waals surface area contributed by atoms with Crippen LogP contribution in [0, 0.1) is 11.3 Å². The number of carbonyl (C=O) groups excluding carboxylic acids is 2. The molecular weight excluding hydrogens is 318 g/mol. The highest BCUT2D eigenvalue weighted by atomic mass is 16.5. The molecule has 0 bridgehead atoms. The van der Waals surface area contributed by atoms with Crippen molar-refractivity contribution in [2.45, 2.75) is 12.5 Å². The average Bonchev–Trinajstić information content (AvgIpc) is 2.86. The minimum atomic E-state index is -1.14. The Labute approximate surface area is 145 Å². The quantitative estimate of drug-likeness (QED) is 0.851. The Morgan fingerprint density at radius 1 is 1.12 bits per heavy atom. The predicted molar refractivity (Wildman–Crippen MR) is 90.7 cm³/mol. The van der Waals surface area contributed by atoms with Gasteiger partial charge < -0.3 is 10.1 Å². The van der Waals surface area contributed by atoms with Gasteiger partial charge in [0.2, 0.25) is 0 Å². The van der Waals surface area contributed by atoms with Crippen LogP contribution in [0.1, 0.15) is 18.1 Å². The zero-order valence-corrected chi connectivity index (χ0v) is 13.7. The second kappa shape index (κ2) is 6.65. The standard InChI is InChI=1S/C19H17N3O3/c1-19(15-9-7-14(13-20)8-10-15)17(23)22(18(24)21-19)11-12-25-16-5-3-2-4-6-16/h2-10H,11-12H2,1H3,(H,21,24). The number of amides is 3. The van der Waals surface area contributed by atoms with Crippen molar-refractivity contribution in [3.63, 3.8) is 0 Å². The lowest BCUT2D eigenvalue weighted by Crippen LogP contribution is -2.41. The third-order valence-corrected chi connectivity index (χ3v) is 4.19. The molecule has 0 aromatic heterocycles. The topological polar surface area (TPSA) is 82.4 Å². The van der Waals surface area contributed by atoms with Crippen molar-refractivity contribution in [1.29, 1.82) is 5.26 Å². The molecule has 0 radical (unpaired) electrons. The number of carbonyl (C=O) groups is 2. The van der Waals surface area contributed by atoms with E-state index in [1.54, 1.807) is 31.2 Å². The molecule has 1 N–H and O–H groups in total. The van der Waals surface area contributed by atoms with Gasteiger partial charge >= 0.3 is 6.03 Å². The molecule has 3 amide bonds. The van der Waals surface area contributed by atoms with E-state index >= 15 is 0 Å². The van der Waals surface area contributed by atoms with E-state index < -0.39 is 11.6 Å². The van der Waals surface area contributed by atoms with Crippen molar-refractivity contribution in [2.24, 2.45) is 0 Å². The van der Waals surface area contributed by atoms with E-state index in [0.29, 0.717) is 16.9 Å². The van der Waals surface area contributed by atoms with Crippen LogP contribution in [0.5, 0.6) is 5.75 Å². The number of ether oxygens (including phenoxy) is 1. The summed E-state index contributed by atoms with van der Waals surface area (Å²) in [6.45, 7) is 2.03. The summed E-state index contributed by atoms with van der Waals surface area (Å²) < 4.78 is 5.56. The van der Waals surface area contributed by atoms with Gasteiger partial charge in [-0.05, 0) is 36.8 Å². The molecule has 6 nitrogen and oxygen atoms in total.